The fraction of sp³-hybridized carbons (Fsp3) is 0.381. The zero-order chi connectivity index (χ0) is 19.0. The van der Waals surface area contributed by atoms with Crippen LogP contribution in [0.4, 0.5) is 0 Å². The van der Waals surface area contributed by atoms with Gasteiger partial charge in [0, 0.05) is 18.6 Å². The minimum absolute atomic E-state index is 0.0942. The van der Waals surface area contributed by atoms with Gasteiger partial charge in [-0.25, -0.2) is 13.1 Å². The van der Waals surface area contributed by atoms with E-state index in [1.165, 1.54) is 0 Å². The molecule has 142 valence electrons. The molecule has 27 heavy (non-hydrogen) atoms. The Morgan fingerprint density at radius 2 is 1.89 bits per heavy atom. The van der Waals surface area contributed by atoms with Crippen molar-refractivity contribution in [1.82, 2.24) is 9.62 Å². The number of hydrogen-bond acceptors (Lipinski definition) is 3. The van der Waals surface area contributed by atoms with E-state index < -0.39 is 10.0 Å². The number of nitrogens with zero attached hydrogens (tertiary/aromatic N) is 1. The Bertz CT molecular complexity index is 943. The van der Waals surface area contributed by atoms with Crippen LogP contribution < -0.4 is 4.72 Å². The van der Waals surface area contributed by atoms with Gasteiger partial charge < -0.3 is 4.90 Å². The Balaban J connectivity index is 1.38. The second-order valence-corrected chi connectivity index (χ2v) is 9.35. The lowest BCUT2D eigenvalue weighted by atomic mass is 10.0. The van der Waals surface area contributed by atoms with E-state index in [2.05, 4.69) is 4.72 Å². The maximum atomic E-state index is 12.7. The van der Waals surface area contributed by atoms with Gasteiger partial charge in [0.25, 0.3) is 0 Å². The van der Waals surface area contributed by atoms with Crippen molar-refractivity contribution in [3.05, 3.63) is 65.7 Å². The number of fused-ring (bicyclic) bond motifs is 2. The zero-order valence-corrected chi connectivity index (χ0v) is 16.2. The second-order valence-electron chi connectivity index (χ2n) is 7.64. The Hall–Kier alpha value is -2.18. The molecule has 0 aromatic heterocycles. The van der Waals surface area contributed by atoms with Gasteiger partial charge >= 0.3 is 0 Å². The van der Waals surface area contributed by atoms with Crippen molar-refractivity contribution in [2.45, 2.75) is 43.2 Å². The number of benzene rings is 2. The lowest BCUT2D eigenvalue weighted by molar-refractivity contribution is -0.132. The molecule has 1 saturated heterocycles. The Morgan fingerprint density at radius 3 is 2.56 bits per heavy atom. The van der Waals surface area contributed by atoms with Gasteiger partial charge in [-0.05, 0) is 43.4 Å². The largest absolute Gasteiger partial charge is 0.339 e. The van der Waals surface area contributed by atoms with E-state index in [1.807, 2.05) is 36.1 Å². The normalized spacial score (nSPS) is 24.3. The summed E-state index contributed by atoms with van der Waals surface area (Å²) in [4.78, 5) is 15.0. The molecule has 3 unspecified atom stereocenters. The number of sulfonamides is 1. The van der Waals surface area contributed by atoms with Crippen molar-refractivity contribution >= 4 is 15.9 Å². The number of likely N-dealkylation sites (tertiary alicyclic amines) is 1. The van der Waals surface area contributed by atoms with Crippen LogP contribution in [0.1, 0.15) is 24.0 Å². The highest BCUT2D eigenvalue weighted by atomic mass is 32.2. The average molecular weight is 385 g/mol. The van der Waals surface area contributed by atoms with E-state index in [-0.39, 0.29) is 23.9 Å². The van der Waals surface area contributed by atoms with Crippen LogP contribution in [0.3, 0.4) is 0 Å². The number of piperidine rings is 1. The SMILES string of the molecule is Cc1cccc(CC(=O)N2CC3CC2CC3NS(=O)(=O)c2ccccc2)c1. The maximum Gasteiger partial charge on any atom is 0.240 e. The molecule has 2 aromatic rings. The van der Waals surface area contributed by atoms with Crippen molar-refractivity contribution < 1.29 is 13.2 Å². The van der Waals surface area contributed by atoms with Crippen molar-refractivity contribution in [3.8, 4) is 0 Å². The number of hydrogen-bond donors (Lipinski definition) is 1. The summed E-state index contributed by atoms with van der Waals surface area (Å²) in [6, 6.07) is 16.5. The van der Waals surface area contributed by atoms with E-state index in [1.54, 1.807) is 30.3 Å². The van der Waals surface area contributed by atoms with Crippen LogP contribution >= 0.6 is 0 Å². The third kappa shape index (κ3) is 3.77. The molecule has 1 amide bonds. The van der Waals surface area contributed by atoms with E-state index >= 15 is 0 Å². The van der Waals surface area contributed by atoms with Gasteiger partial charge in [0.2, 0.25) is 15.9 Å². The van der Waals surface area contributed by atoms with E-state index in [0.29, 0.717) is 24.3 Å². The molecule has 1 aliphatic heterocycles. The lowest BCUT2D eigenvalue weighted by Gasteiger charge is -2.32. The summed E-state index contributed by atoms with van der Waals surface area (Å²) >= 11 is 0. The first-order chi connectivity index (χ1) is 12.9. The van der Waals surface area contributed by atoms with E-state index in [0.717, 1.165) is 17.5 Å². The molecule has 2 fully saturated rings. The Labute approximate surface area is 160 Å². The maximum absolute atomic E-state index is 12.7. The van der Waals surface area contributed by atoms with Crippen LogP contribution in [0.15, 0.2) is 59.5 Å². The van der Waals surface area contributed by atoms with Gasteiger partial charge in [-0.1, -0.05) is 48.0 Å². The number of nitrogens with one attached hydrogen (secondary N) is 1. The number of aryl methyl sites for hydroxylation is 1. The van der Waals surface area contributed by atoms with Crippen LogP contribution in [-0.4, -0.2) is 37.9 Å². The minimum Gasteiger partial charge on any atom is -0.339 e. The molecule has 4 rings (SSSR count). The van der Waals surface area contributed by atoms with Crippen molar-refractivity contribution in [2.24, 2.45) is 5.92 Å². The molecule has 1 heterocycles. The van der Waals surface area contributed by atoms with Crippen LogP contribution in [0.25, 0.3) is 0 Å². The quantitative estimate of drug-likeness (QED) is 0.861. The highest BCUT2D eigenvalue weighted by molar-refractivity contribution is 7.89. The number of rotatable bonds is 5. The molecule has 0 radical (unpaired) electrons. The summed E-state index contributed by atoms with van der Waals surface area (Å²) in [5.74, 6) is 0.326. The molecule has 1 aliphatic carbocycles. The van der Waals surface area contributed by atoms with E-state index in [4.69, 9.17) is 0 Å². The first kappa shape index (κ1) is 18.2. The summed E-state index contributed by atoms with van der Waals surface area (Å²) in [6.07, 6.45) is 1.98. The standard InChI is InChI=1S/C21H24N2O3S/c1-15-6-5-7-16(10-15)11-21(24)23-14-17-12-18(23)13-20(17)22-27(25,26)19-8-3-2-4-9-19/h2-10,17-18,20,22H,11-14H2,1H3. The summed E-state index contributed by atoms with van der Waals surface area (Å²) < 4.78 is 28.0. The first-order valence-corrected chi connectivity index (χ1v) is 10.8. The molecule has 1 saturated carbocycles. The number of carbonyl (C=O) groups is 1. The molecule has 2 aromatic carbocycles. The van der Waals surface area contributed by atoms with Crippen LogP contribution in [-0.2, 0) is 21.2 Å². The first-order valence-electron chi connectivity index (χ1n) is 9.35. The molecule has 2 aliphatic rings. The third-order valence-corrected chi connectivity index (χ3v) is 7.17. The Morgan fingerprint density at radius 1 is 1.11 bits per heavy atom. The van der Waals surface area contributed by atoms with Crippen LogP contribution in [0.5, 0.6) is 0 Å². The number of carbonyl (C=O) groups excluding carboxylic acids is 1. The van der Waals surface area contributed by atoms with Gasteiger partial charge in [0.05, 0.1) is 11.3 Å². The molecule has 6 heteroatoms. The summed E-state index contributed by atoms with van der Waals surface area (Å²) in [7, 11) is -3.51. The smallest absolute Gasteiger partial charge is 0.240 e. The van der Waals surface area contributed by atoms with Crippen LogP contribution in [0.2, 0.25) is 0 Å². The fourth-order valence-corrected chi connectivity index (χ4v) is 5.71. The topological polar surface area (TPSA) is 66.5 Å². The fourth-order valence-electron chi connectivity index (χ4n) is 4.37. The summed E-state index contributed by atoms with van der Waals surface area (Å²) in [5.41, 5.74) is 2.18. The predicted octanol–water partition coefficient (Wildman–Crippen LogP) is 2.51. The highest BCUT2D eigenvalue weighted by Gasteiger charge is 2.47. The third-order valence-electron chi connectivity index (χ3n) is 5.66. The molecule has 0 spiro atoms. The minimum atomic E-state index is -3.51. The Kier molecular flexibility index (Phi) is 4.78. The van der Waals surface area contributed by atoms with Gasteiger partial charge in [0.15, 0.2) is 0 Å². The second kappa shape index (κ2) is 7.09. The molecule has 5 nitrogen and oxygen atoms in total. The van der Waals surface area contributed by atoms with Gasteiger partial charge in [-0.3, -0.25) is 4.79 Å². The van der Waals surface area contributed by atoms with Gasteiger partial charge in [0.1, 0.15) is 0 Å². The average Bonchev–Trinajstić information content (AvgIpc) is 3.22. The predicted molar refractivity (Wildman–Crippen MR) is 104 cm³/mol. The van der Waals surface area contributed by atoms with Crippen molar-refractivity contribution in [1.29, 1.82) is 0 Å². The molecular formula is C21H24N2O3S. The van der Waals surface area contributed by atoms with Gasteiger partial charge in [-0.15, -0.1) is 0 Å². The molecular weight excluding hydrogens is 360 g/mol. The highest BCUT2D eigenvalue weighted by Crippen LogP contribution is 2.38. The monoisotopic (exact) mass is 384 g/mol. The lowest BCUT2D eigenvalue weighted by Crippen LogP contribution is -2.48. The van der Waals surface area contributed by atoms with Crippen molar-refractivity contribution in [3.63, 3.8) is 0 Å². The summed E-state index contributed by atoms with van der Waals surface area (Å²) in [6.45, 7) is 2.66. The molecule has 2 bridgehead atoms. The van der Waals surface area contributed by atoms with Crippen LogP contribution in [0, 0.1) is 12.8 Å². The van der Waals surface area contributed by atoms with E-state index in [9.17, 15) is 13.2 Å². The summed E-state index contributed by atoms with van der Waals surface area (Å²) in [5, 5.41) is 0. The molecule has 1 N–H and O–H groups in total. The zero-order valence-electron chi connectivity index (χ0n) is 15.3. The number of amides is 1. The molecule has 3 atom stereocenters. The van der Waals surface area contributed by atoms with Gasteiger partial charge in [-0.2, -0.15) is 0 Å². The van der Waals surface area contributed by atoms with Crippen molar-refractivity contribution in [2.75, 3.05) is 6.54 Å².